The second-order valence-electron chi connectivity index (χ2n) is 8.69. The number of aryl methyl sites for hydroxylation is 1. The number of fused-ring (bicyclic) bond motifs is 1. The summed E-state index contributed by atoms with van der Waals surface area (Å²) in [5.41, 5.74) is 4.62. The molecule has 11 nitrogen and oxygen atoms in total. The number of hydrogen-bond acceptors (Lipinski definition) is 8. The minimum atomic E-state index is -1.59. The Balaban J connectivity index is 1.50. The summed E-state index contributed by atoms with van der Waals surface area (Å²) in [5.74, 6) is -4.47. The third kappa shape index (κ3) is 6.23. The number of alkyl carbamates (subject to hydrolysis) is 1. The first-order valence-electron chi connectivity index (χ1n) is 11.7. The predicted molar refractivity (Wildman–Crippen MR) is 142 cm³/mol. The number of carbonyl (C=O) groups is 3. The molecule has 0 saturated carbocycles. The van der Waals surface area contributed by atoms with Crippen LogP contribution < -0.4 is 21.8 Å². The molecule has 0 saturated heterocycles. The number of rotatable bonds is 9. The van der Waals surface area contributed by atoms with E-state index in [1.165, 1.54) is 7.05 Å². The Morgan fingerprint density at radius 3 is 2.60 bits per heavy atom. The Morgan fingerprint density at radius 2 is 1.95 bits per heavy atom. The Labute approximate surface area is 229 Å². The molecule has 2 heterocycles. The molecule has 0 aliphatic heterocycles. The summed E-state index contributed by atoms with van der Waals surface area (Å²) in [7, 11) is 1.37. The van der Waals surface area contributed by atoms with E-state index in [2.05, 4.69) is 15.6 Å². The van der Waals surface area contributed by atoms with Crippen LogP contribution in [-0.4, -0.2) is 45.2 Å². The van der Waals surface area contributed by atoms with Gasteiger partial charge in [0, 0.05) is 37.2 Å². The Bertz CT molecular complexity index is 1660. The fourth-order valence-electron chi connectivity index (χ4n) is 3.93. The van der Waals surface area contributed by atoms with Crippen molar-refractivity contribution >= 4 is 45.3 Å². The van der Waals surface area contributed by atoms with Gasteiger partial charge in [-0.05, 0) is 11.6 Å². The van der Waals surface area contributed by atoms with Crippen LogP contribution in [0.1, 0.15) is 27.2 Å². The van der Waals surface area contributed by atoms with Crippen LogP contribution in [0, 0.1) is 11.6 Å². The normalized spacial score (nSPS) is 11.7. The van der Waals surface area contributed by atoms with Crippen molar-refractivity contribution < 1.29 is 33.0 Å². The zero-order chi connectivity index (χ0) is 29.0. The maximum atomic E-state index is 15.4. The van der Waals surface area contributed by atoms with E-state index in [0.29, 0.717) is 11.3 Å². The van der Waals surface area contributed by atoms with Crippen LogP contribution in [0.25, 0.3) is 10.9 Å². The maximum absolute atomic E-state index is 15.4. The average Bonchev–Trinajstić information content (AvgIpc) is 3.34. The molecule has 208 valence electrons. The van der Waals surface area contributed by atoms with Gasteiger partial charge in [0.1, 0.15) is 24.0 Å². The van der Waals surface area contributed by atoms with Crippen molar-refractivity contribution in [2.45, 2.75) is 19.1 Å². The molecule has 2 aromatic heterocycles. The van der Waals surface area contributed by atoms with Gasteiger partial charge in [-0.3, -0.25) is 9.59 Å². The lowest BCUT2D eigenvalue weighted by molar-refractivity contribution is -0.139. The average molecular weight is 572 g/mol. The van der Waals surface area contributed by atoms with Crippen molar-refractivity contribution in [3.05, 3.63) is 92.2 Å². The summed E-state index contributed by atoms with van der Waals surface area (Å²) < 4.78 is 36.4. The summed E-state index contributed by atoms with van der Waals surface area (Å²) >= 11 is 1.12. The summed E-state index contributed by atoms with van der Waals surface area (Å²) in [6.45, 7) is -0.709. The van der Waals surface area contributed by atoms with Gasteiger partial charge in [0.15, 0.2) is 10.9 Å². The molecule has 0 spiro atoms. The molecule has 1 atom stereocenters. The van der Waals surface area contributed by atoms with E-state index < -0.39 is 53.2 Å². The molecule has 2 amide bonds. The van der Waals surface area contributed by atoms with Gasteiger partial charge in [-0.1, -0.05) is 30.3 Å². The number of aromatic nitrogens is 2. The van der Waals surface area contributed by atoms with Gasteiger partial charge >= 0.3 is 12.1 Å². The van der Waals surface area contributed by atoms with Gasteiger partial charge in [-0.25, -0.2) is 23.4 Å². The van der Waals surface area contributed by atoms with Gasteiger partial charge in [0.25, 0.3) is 5.91 Å². The summed E-state index contributed by atoms with van der Waals surface area (Å²) in [6, 6.07) is 7.93. The smallest absolute Gasteiger partial charge is 0.408 e. The number of benzene rings is 2. The quantitative estimate of drug-likeness (QED) is 0.238. The van der Waals surface area contributed by atoms with Crippen LogP contribution in [0.5, 0.6) is 0 Å². The predicted octanol–water partition coefficient (Wildman–Crippen LogP) is 2.56. The highest BCUT2D eigenvalue weighted by Crippen LogP contribution is 2.25. The lowest BCUT2D eigenvalue weighted by Crippen LogP contribution is -2.49. The largest absolute Gasteiger partial charge is 0.480 e. The topological polar surface area (TPSA) is 166 Å². The number of aliphatic carboxylic acids is 1. The third-order valence-corrected chi connectivity index (χ3v) is 6.62. The molecule has 0 aliphatic rings. The first-order chi connectivity index (χ1) is 19.0. The Kier molecular flexibility index (Phi) is 8.38. The van der Waals surface area contributed by atoms with Gasteiger partial charge < -0.3 is 30.8 Å². The van der Waals surface area contributed by atoms with Crippen LogP contribution in [0.15, 0.2) is 52.8 Å². The SMILES string of the molecule is Cn1cc(C(=O)NCC(NC(=O)OCc2ccccc2)C(=O)O)c(=O)c2cc(F)c(Cc3csc(N)n3)c(F)c21. The first kappa shape index (κ1) is 28.2. The number of nitrogens with zero attached hydrogens (tertiary/aromatic N) is 2. The van der Waals surface area contributed by atoms with E-state index in [4.69, 9.17) is 10.5 Å². The number of amides is 2. The number of thiazole rings is 1. The third-order valence-electron chi connectivity index (χ3n) is 5.89. The molecular formula is C26H23F2N5O6S. The lowest BCUT2D eigenvalue weighted by Gasteiger charge is -2.16. The van der Waals surface area contributed by atoms with E-state index in [-0.39, 0.29) is 34.6 Å². The zero-order valence-corrected chi connectivity index (χ0v) is 21.8. The molecule has 5 N–H and O–H groups in total. The highest BCUT2D eigenvalue weighted by atomic mass is 32.1. The molecule has 0 fully saturated rings. The number of nitrogens with two attached hydrogens (primary N) is 1. The number of hydrogen-bond donors (Lipinski definition) is 4. The number of ether oxygens (including phenoxy) is 1. The number of anilines is 1. The molecule has 4 aromatic rings. The standard InChI is InChI=1S/C26H23F2N5O6S/c1-33-10-17(22(34)16-8-18(27)15(20(28)21(16)33)7-14-12-40-25(29)31-14)23(35)30-9-19(24(36)37)32-26(38)39-11-13-5-3-2-4-6-13/h2-6,8,10,12,19H,7,9,11H2,1H3,(H2,29,31)(H,30,35)(H,32,38)(H,36,37). The van der Waals surface area contributed by atoms with Crippen LogP contribution >= 0.6 is 11.3 Å². The van der Waals surface area contributed by atoms with Crippen molar-refractivity contribution in [3.63, 3.8) is 0 Å². The highest BCUT2D eigenvalue weighted by Gasteiger charge is 2.25. The van der Waals surface area contributed by atoms with E-state index in [1.54, 1.807) is 35.7 Å². The van der Waals surface area contributed by atoms with E-state index in [1.807, 2.05) is 0 Å². The second kappa shape index (κ2) is 11.9. The van der Waals surface area contributed by atoms with Crippen LogP contribution in [0.2, 0.25) is 0 Å². The summed E-state index contributed by atoms with van der Waals surface area (Å²) in [4.78, 5) is 53.5. The highest BCUT2D eigenvalue weighted by molar-refractivity contribution is 7.13. The lowest BCUT2D eigenvalue weighted by atomic mass is 10.0. The van der Waals surface area contributed by atoms with Gasteiger partial charge in [-0.15, -0.1) is 11.3 Å². The second-order valence-corrected chi connectivity index (χ2v) is 9.58. The van der Waals surface area contributed by atoms with Crippen molar-refractivity contribution in [2.24, 2.45) is 7.05 Å². The first-order valence-corrected chi connectivity index (χ1v) is 12.6. The van der Waals surface area contributed by atoms with Crippen molar-refractivity contribution in [3.8, 4) is 0 Å². The maximum Gasteiger partial charge on any atom is 0.408 e. The number of carboxylic acid groups (broad SMARTS) is 1. The number of pyridine rings is 1. The fourth-order valence-corrected chi connectivity index (χ4v) is 4.50. The number of carboxylic acids is 1. The minimum absolute atomic E-state index is 0.106. The number of nitrogens with one attached hydrogen (secondary N) is 2. The number of nitrogen functional groups attached to an aromatic ring is 1. The van der Waals surface area contributed by atoms with Crippen LogP contribution in [0.3, 0.4) is 0 Å². The minimum Gasteiger partial charge on any atom is -0.480 e. The monoisotopic (exact) mass is 571 g/mol. The van der Waals surface area contributed by atoms with Crippen LogP contribution in [0.4, 0.5) is 18.7 Å². The Hall–Kier alpha value is -4.85. The number of halogens is 2. The van der Waals surface area contributed by atoms with E-state index >= 15 is 4.39 Å². The van der Waals surface area contributed by atoms with Gasteiger partial charge in [0.05, 0.1) is 16.6 Å². The summed E-state index contributed by atoms with van der Waals surface area (Å²) in [5, 5.41) is 15.2. The van der Waals surface area contributed by atoms with Crippen molar-refractivity contribution in [1.29, 1.82) is 0 Å². The molecule has 40 heavy (non-hydrogen) atoms. The molecule has 0 bridgehead atoms. The van der Waals surface area contributed by atoms with E-state index in [9.17, 15) is 28.7 Å². The molecule has 1 unspecified atom stereocenters. The van der Waals surface area contributed by atoms with Gasteiger partial charge in [-0.2, -0.15) is 0 Å². The van der Waals surface area contributed by atoms with Crippen molar-refractivity contribution in [1.82, 2.24) is 20.2 Å². The molecule has 0 aliphatic carbocycles. The summed E-state index contributed by atoms with van der Waals surface area (Å²) in [6.07, 6.45) is -0.174. The molecule has 2 aromatic carbocycles. The van der Waals surface area contributed by atoms with Crippen LogP contribution in [-0.2, 0) is 29.6 Å². The molecule has 14 heteroatoms. The Morgan fingerprint density at radius 1 is 1.23 bits per heavy atom. The number of carbonyl (C=O) groups excluding carboxylic acids is 2. The molecular weight excluding hydrogens is 548 g/mol. The van der Waals surface area contributed by atoms with E-state index in [0.717, 1.165) is 28.2 Å². The van der Waals surface area contributed by atoms with Crippen molar-refractivity contribution in [2.75, 3.05) is 12.3 Å². The fraction of sp³-hybridized carbons (Fsp3) is 0.192. The molecule has 0 radical (unpaired) electrons. The molecule has 4 rings (SSSR count). The zero-order valence-electron chi connectivity index (χ0n) is 20.9. The van der Waals surface area contributed by atoms with Gasteiger partial charge in [0.2, 0.25) is 5.43 Å².